The number of methoxy groups -OCH3 is 1. The summed E-state index contributed by atoms with van der Waals surface area (Å²) in [6.45, 7) is 6.78. The maximum atomic E-state index is 5.29. The summed E-state index contributed by atoms with van der Waals surface area (Å²) in [5.74, 6) is 0. The van der Waals surface area contributed by atoms with Crippen molar-refractivity contribution < 1.29 is 4.74 Å². The average Bonchev–Trinajstić information content (AvgIpc) is 2.60. The number of ether oxygens (including phenoxy) is 1. The highest BCUT2D eigenvalue weighted by molar-refractivity contribution is 4.97. The second-order valence-corrected chi connectivity index (χ2v) is 5.54. The molecule has 1 spiro atoms. The molecule has 16 heavy (non-hydrogen) atoms. The van der Waals surface area contributed by atoms with Crippen LogP contribution in [0.25, 0.3) is 0 Å². The first-order chi connectivity index (χ1) is 7.76. The van der Waals surface area contributed by atoms with Gasteiger partial charge in [-0.2, -0.15) is 0 Å². The highest BCUT2D eigenvalue weighted by atomic mass is 16.5. The highest BCUT2D eigenvalue weighted by Gasteiger charge is 2.37. The molecule has 1 aliphatic carbocycles. The van der Waals surface area contributed by atoms with Crippen molar-refractivity contribution in [1.82, 2.24) is 10.2 Å². The van der Waals surface area contributed by atoms with Gasteiger partial charge in [0.05, 0.1) is 6.61 Å². The van der Waals surface area contributed by atoms with Gasteiger partial charge >= 0.3 is 0 Å². The first-order valence-corrected chi connectivity index (χ1v) is 6.74. The third-order valence-electron chi connectivity index (χ3n) is 4.22. The second-order valence-electron chi connectivity index (χ2n) is 5.54. The predicted octanol–water partition coefficient (Wildman–Crippen LogP) is 1.63. The van der Waals surface area contributed by atoms with E-state index in [1.165, 1.54) is 51.7 Å². The topological polar surface area (TPSA) is 24.5 Å². The molecule has 2 rings (SSSR count). The second kappa shape index (κ2) is 5.48. The highest BCUT2D eigenvalue weighted by Crippen LogP contribution is 2.32. The molecule has 0 amide bonds. The van der Waals surface area contributed by atoms with E-state index in [0.29, 0.717) is 11.6 Å². The summed E-state index contributed by atoms with van der Waals surface area (Å²) in [6.07, 6.45) is 6.81. The molecule has 1 N–H and O–H groups in total. The minimum absolute atomic E-state index is 0.429. The number of hydrogen-bond donors (Lipinski definition) is 1. The Kier molecular flexibility index (Phi) is 4.22. The van der Waals surface area contributed by atoms with E-state index in [4.69, 9.17) is 4.74 Å². The van der Waals surface area contributed by atoms with Gasteiger partial charge in [-0.1, -0.05) is 12.8 Å². The van der Waals surface area contributed by atoms with E-state index in [2.05, 4.69) is 17.1 Å². The summed E-state index contributed by atoms with van der Waals surface area (Å²) in [5.41, 5.74) is 0.429. The van der Waals surface area contributed by atoms with E-state index in [0.717, 1.165) is 6.61 Å². The van der Waals surface area contributed by atoms with Crippen LogP contribution in [0.15, 0.2) is 0 Å². The van der Waals surface area contributed by atoms with Crippen molar-refractivity contribution in [3.8, 4) is 0 Å². The molecule has 1 unspecified atom stereocenters. The van der Waals surface area contributed by atoms with E-state index in [-0.39, 0.29) is 0 Å². The van der Waals surface area contributed by atoms with Crippen LogP contribution in [0.4, 0.5) is 0 Å². The molecule has 0 radical (unpaired) electrons. The van der Waals surface area contributed by atoms with E-state index in [1.807, 2.05) is 0 Å². The summed E-state index contributed by atoms with van der Waals surface area (Å²) in [7, 11) is 1.80. The van der Waals surface area contributed by atoms with Crippen LogP contribution in [-0.2, 0) is 4.74 Å². The van der Waals surface area contributed by atoms with E-state index in [1.54, 1.807) is 7.11 Å². The molecule has 1 heterocycles. The molecule has 3 nitrogen and oxygen atoms in total. The first-order valence-electron chi connectivity index (χ1n) is 6.74. The number of nitrogens with zero attached hydrogens (tertiary/aromatic N) is 1. The quantitative estimate of drug-likeness (QED) is 0.791. The van der Waals surface area contributed by atoms with Crippen molar-refractivity contribution >= 4 is 0 Å². The molecule has 1 saturated heterocycles. The Morgan fingerprint density at radius 1 is 1.31 bits per heavy atom. The van der Waals surface area contributed by atoms with E-state index < -0.39 is 0 Å². The molecule has 2 fully saturated rings. The van der Waals surface area contributed by atoms with Crippen molar-refractivity contribution in [3.63, 3.8) is 0 Å². The van der Waals surface area contributed by atoms with Crippen LogP contribution in [0.1, 0.15) is 39.0 Å². The van der Waals surface area contributed by atoms with E-state index >= 15 is 0 Å². The lowest BCUT2D eigenvalue weighted by molar-refractivity contribution is 0.0857. The van der Waals surface area contributed by atoms with Gasteiger partial charge in [0.25, 0.3) is 0 Å². The number of nitrogens with one attached hydrogen (secondary N) is 1. The fourth-order valence-electron chi connectivity index (χ4n) is 3.27. The van der Waals surface area contributed by atoms with Gasteiger partial charge in [0.1, 0.15) is 0 Å². The molecule has 0 aromatic heterocycles. The van der Waals surface area contributed by atoms with E-state index in [9.17, 15) is 0 Å². The van der Waals surface area contributed by atoms with Crippen LogP contribution in [0, 0.1) is 0 Å². The monoisotopic (exact) mass is 226 g/mol. The predicted molar refractivity (Wildman–Crippen MR) is 66.7 cm³/mol. The van der Waals surface area contributed by atoms with Gasteiger partial charge < -0.3 is 10.1 Å². The lowest BCUT2D eigenvalue weighted by Crippen LogP contribution is -2.51. The van der Waals surface area contributed by atoms with Gasteiger partial charge in [0, 0.05) is 25.2 Å². The third-order valence-corrected chi connectivity index (χ3v) is 4.22. The van der Waals surface area contributed by atoms with Gasteiger partial charge in [0.2, 0.25) is 0 Å². The minimum Gasteiger partial charge on any atom is -0.383 e. The fourth-order valence-corrected chi connectivity index (χ4v) is 3.27. The van der Waals surface area contributed by atoms with Gasteiger partial charge in [-0.15, -0.1) is 0 Å². The maximum absolute atomic E-state index is 5.29. The molecule has 0 aromatic carbocycles. The van der Waals surface area contributed by atoms with Crippen molar-refractivity contribution in [2.45, 2.75) is 50.6 Å². The third kappa shape index (κ3) is 2.76. The standard InChI is InChI=1S/C13H26N2O/c1-12(10-16-2)15-9-5-8-14-13(11-15)6-3-4-7-13/h12,14H,3-11H2,1-2H3. The summed E-state index contributed by atoms with van der Waals surface area (Å²) >= 11 is 0. The van der Waals surface area contributed by atoms with Crippen LogP contribution in [0.2, 0.25) is 0 Å². The van der Waals surface area contributed by atoms with Gasteiger partial charge in [-0.3, -0.25) is 4.90 Å². The zero-order valence-corrected chi connectivity index (χ0v) is 10.8. The first kappa shape index (κ1) is 12.3. The molecule has 1 saturated carbocycles. The van der Waals surface area contributed by atoms with Gasteiger partial charge in [-0.25, -0.2) is 0 Å². The summed E-state index contributed by atoms with van der Waals surface area (Å²) in [5, 5.41) is 3.80. The average molecular weight is 226 g/mol. The zero-order chi connectivity index (χ0) is 11.4. The molecule has 3 heteroatoms. The van der Waals surface area contributed by atoms with Crippen LogP contribution < -0.4 is 5.32 Å². The Morgan fingerprint density at radius 2 is 2.06 bits per heavy atom. The van der Waals surface area contributed by atoms with Gasteiger partial charge in [-0.05, 0) is 39.3 Å². The normalized spacial score (nSPS) is 28.1. The summed E-state index contributed by atoms with van der Waals surface area (Å²) in [4.78, 5) is 2.62. The molecule has 94 valence electrons. The Hall–Kier alpha value is -0.120. The Morgan fingerprint density at radius 3 is 2.75 bits per heavy atom. The fraction of sp³-hybridized carbons (Fsp3) is 1.00. The Bertz CT molecular complexity index is 214. The maximum Gasteiger partial charge on any atom is 0.0615 e. The van der Waals surface area contributed by atoms with Crippen LogP contribution in [-0.4, -0.2) is 49.8 Å². The zero-order valence-electron chi connectivity index (χ0n) is 10.8. The summed E-state index contributed by atoms with van der Waals surface area (Å²) < 4.78 is 5.29. The molecule has 0 bridgehead atoms. The lowest BCUT2D eigenvalue weighted by Gasteiger charge is -2.36. The largest absolute Gasteiger partial charge is 0.383 e. The van der Waals surface area contributed by atoms with Crippen LogP contribution in [0.5, 0.6) is 0 Å². The lowest BCUT2D eigenvalue weighted by atomic mass is 9.96. The molecule has 1 atom stereocenters. The van der Waals surface area contributed by atoms with Crippen molar-refractivity contribution in [2.75, 3.05) is 33.4 Å². The van der Waals surface area contributed by atoms with Crippen LogP contribution >= 0.6 is 0 Å². The van der Waals surface area contributed by atoms with Gasteiger partial charge in [0.15, 0.2) is 0 Å². The molecule has 2 aliphatic rings. The van der Waals surface area contributed by atoms with Crippen LogP contribution in [0.3, 0.4) is 0 Å². The minimum atomic E-state index is 0.429. The smallest absolute Gasteiger partial charge is 0.0615 e. The molecule has 1 aliphatic heterocycles. The number of rotatable bonds is 3. The molecular weight excluding hydrogens is 200 g/mol. The SMILES string of the molecule is COCC(C)N1CCCNC2(CCCC2)C1. The summed E-state index contributed by atoms with van der Waals surface area (Å²) in [6, 6.07) is 0.558. The number of hydrogen-bond acceptors (Lipinski definition) is 3. The molecular formula is C13H26N2O. The Labute approximate surface area is 99.5 Å². The van der Waals surface area contributed by atoms with Crippen molar-refractivity contribution in [3.05, 3.63) is 0 Å². The van der Waals surface area contributed by atoms with Crippen molar-refractivity contribution in [2.24, 2.45) is 0 Å². The van der Waals surface area contributed by atoms with Crippen molar-refractivity contribution in [1.29, 1.82) is 0 Å². The molecule has 0 aromatic rings. The Balaban J connectivity index is 1.97.